The maximum Gasteiger partial charge on any atom is 0.319 e. The van der Waals surface area contributed by atoms with Gasteiger partial charge in [0.15, 0.2) is 0 Å². The third kappa shape index (κ3) is 3.22. The molecule has 0 spiro atoms. The predicted octanol–water partition coefficient (Wildman–Crippen LogP) is 4.75. The lowest BCUT2D eigenvalue weighted by Gasteiger charge is -2.28. The Labute approximate surface area is 171 Å². The topological polar surface area (TPSA) is 63.1 Å². The molecule has 1 atom stereocenters. The Morgan fingerprint density at radius 2 is 1.96 bits per heavy atom. The summed E-state index contributed by atoms with van der Waals surface area (Å²) in [5, 5.41) is 6.94. The molecule has 5 nitrogen and oxygen atoms in total. The minimum Gasteiger partial charge on any atom is -0.331 e. The molecule has 28 heavy (non-hydrogen) atoms. The van der Waals surface area contributed by atoms with Crippen molar-refractivity contribution >= 4 is 38.6 Å². The molecule has 1 unspecified atom stereocenters. The van der Waals surface area contributed by atoms with Crippen LogP contribution in [0.4, 0.5) is 10.5 Å². The first-order valence-corrected chi connectivity index (χ1v) is 10.0. The largest absolute Gasteiger partial charge is 0.331 e. The van der Waals surface area contributed by atoms with Gasteiger partial charge in [0.25, 0.3) is 5.56 Å². The van der Waals surface area contributed by atoms with E-state index < -0.39 is 0 Å². The number of halogens is 1. The van der Waals surface area contributed by atoms with Gasteiger partial charge in [-0.3, -0.25) is 4.79 Å². The van der Waals surface area contributed by atoms with Crippen LogP contribution in [0.5, 0.6) is 0 Å². The zero-order valence-corrected chi connectivity index (χ0v) is 17.6. The molecule has 0 fully saturated rings. The molecule has 0 bridgehead atoms. The molecule has 0 saturated heterocycles. The molecule has 144 valence electrons. The quantitative estimate of drug-likeness (QED) is 0.605. The fourth-order valence-electron chi connectivity index (χ4n) is 4.09. The van der Waals surface area contributed by atoms with Crippen molar-refractivity contribution in [1.82, 2.24) is 9.88 Å². The van der Waals surface area contributed by atoms with Crippen molar-refractivity contribution in [2.45, 2.75) is 26.3 Å². The molecule has 2 N–H and O–H groups in total. The van der Waals surface area contributed by atoms with E-state index in [1.807, 2.05) is 24.3 Å². The SMILES string of the molecule is Cn1c(=O)ccc2c(NC(=O)NC3c4cc(Br)ccc4CC3(C)C)cccc21. The number of amides is 2. The van der Waals surface area contributed by atoms with E-state index in [0.717, 1.165) is 27.4 Å². The Kier molecular flexibility index (Phi) is 4.54. The molecule has 1 aliphatic carbocycles. The summed E-state index contributed by atoms with van der Waals surface area (Å²) >= 11 is 3.53. The third-order valence-corrected chi connectivity index (χ3v) is 6.03. The number of fused-ring (bicyclic) bond motifs is 2. The molecule has 0 aliphatic heterocycles. The minimum absolute atomic E-state index is 0.0796. The van der Waals surface area contributed by atoms with E-state index in [9.17, 15) is 9.59 Å². The molecule has 2 amide bonds. The highest BCUT2D eigenvalue weighted by molar-refractivity contribution is 9.10. The number of nitrogens with zero attached hydrogens (tertiary/aromatic N) is 1. The maximum absolute atomic E-state index is 12.8. The number of benzene rings is 2. The number of urea groups is 1. The van der Waals surface area contributed by atoms with E-state index in [0.29, 0.717) is 5.69 Å². The highest BCUT2D eigenvalue weighted by Gasteiger charge is 2.39. The van der Waals surface area contributed by atoms with Crippen LogP contribution in [0.15, 0.2) is 57.8 Å². The molecular weight excluding hydrogens is 418 g/mol. The van der Waals surface area contributed by atoms with Gasteiger partial charge in [0, 0.05) is 23.0 Å². The van der Waals surface area contributed by atoms with Gasteiger partial charge >= 0.3 is 6.03 Å². The minimum atomic E-state index is -0.257. The number of hydrogen-bond donors (Lipinski definition) is 2. The third-order valence-electron chi connectivity index (χ3n) is 5.54. The first kappa shape index (κ1) is 18.7. The Balaban J connectivity index is 1.62. The van der Waals surface area contributed by atoms with E-state index in [4.69, 9.17) is 0 Å². The van der Waals surface area contributed by atoms with Crippen LogP contribution < -0.4 is 16.2 Å². The fourth-order valence-corrected chi connectivity index (χ4v) is 4.47. The van der Waals surface area contributed by atoms with E-state index in [1.54, 1.807) is 17.7 Å². The number of hydrogen-bond acceptors (Lipinski definition) is 2. The molecule has 1 aliphatic rings. The fraction of sp³-hybridized carbons (Fsp3) is 0.273. The monoisotopic (exact) mass is 439 g/mol. The molecule has 2 aromatic carbocycles. The number of carbonyl (C=O) groups excluding carboxylic acids is 1. The average Bonchev–Trinajstić information content (AvgIpc) is 2.88. The average molecular weight is 440 g/mol. The van der Waals surface area contributed by atoms with Crippen LogP contribution in [0.25, 0.3) is 10.9 Å². The van der Waals surface area contributed by atoms with Crippen LogP contribution in [-0.2, 0) is 13.5 Å². The van der Waals surface area contributed by atoms with Crippen molar-refractivity contribution in [3.05, 3.63) is 74.5 Å². The first-order chi connectivity index (χ1) is 13.3. The normalized spacial score (nSPS) is 17.4. The van der Waals surface area contributed by atoms with Crippen molar-refractivity contribution in [2.75, 3.05) is 5.32 Å². The number of aromatic nitrogens is 1. The van der Waals surface area contributed by atoms with Crippen LogP contribution in [-0.4, -0.2) is 10.6 Å². The number of anilines is 1. The number of aryl methyl sites for hydroxylation is 1. The number of nitrogens with one attached hydrogen (secondary N) is 2. The predicted molar refractivity (Wildman–Crippen MR) is 116 cm³/mol. The van der Waals surface area contributed by atoms with Gasteiger partial charge in [0.05, 0.1) is 17.2 Å². The smallest absolute Gasteiger partial charge is 0.319 e. The lowest BCUT2D eigenvalue weighted by Crippen LogP contribution is -2.38. The first-order valence-electron chi connectivity index (χ1n) is 9.21. The summed E-state index contributed by atoms with van der Waals surface area (Å²) in [5.41, 5.74) is 3.71. The highest BCUT2D eigenvalue weighted by Crippen LogP contribution is 2.45. The highest BCUT2D eigenvalue weighted by atomic mass is 79.9. The van der Waals surface area contributed by atoms with Gasteiger partial charge < -0.3 is 15.2 Å². The lowest BCUT2D eigenvalue weighted by atomic mass is 9.85. The van der Waals surface area contributed by atoms with Gasteiger partial charge in [-0.2, -0.15) is 0 Å². The van der Waals surface area contributed by atoms with Gasteiger partial charge in [-0.05, 0) is 53.3 Å². The van der Waals surface area contributed by atoms with Crippen molar-refractivity contribution in [2.24, 2.45) is 12.5 Å². The van der Waals surface area contributed by atoms with E-state index in [2.05, 4.69) is 52.5 Å². The number of rotatable bonds is 2. The van der Waals surface area contributed by atoms with Crippen LogP contribution in [0.3, 0.4) is 0 Å². The standard InChI is InChI=1S/C22H22BrN3O2/c1-22(2)12-13-7-8-14(23)11-16(13)20(22)25-21(28)24-17-5-4-6-18-15(17)9-10-19(27)26(18)3/h4-11,20H,12H2,1-3H3,(H2,24,25,28). The summed E-state index contributed by atoms with van der Waals surface area (Å²) in [6.07, 6.45) is 0.914. The Morgan fingerprint density at radius 1 is 1.18 bits per heavy atom. The molecule has 1 aromatic heterocycles. The second-order valence-corrected chi connectivity index (χ2v) is 8.92. The van der Waals surface area contributed by atoms with Crippen molar-refractivity contribution in [1.29, 1.82) is 0 Å². The second-order valence-electron chi connectivity index (χ2n) is 8.01. The zero-order chi connectivity index (χ0) is 20.1. The van der Waals surface area contributed by atoms with Crippen LogP contribution >= 0.6 is 15.9 Å². The van der Waals surface area contributed by atoms with Gasteiger partial charge in [0.1, 0.15) is 0 Å². The van der Waals surface area contributed by atoms with Gasteiger partial charge in [-0.25, -0.2) is 4.79 Å². The van der Waals surface area contributed by atoms with E-state index in [-0.39, 0.29) is 23.0 Å². The second kappa shape index (κ2) is 6.78. The van der Waals surface area contributed by atoms with E-state index in [1.165, 1.54) is 11.6 Å². The molecule has 0 radical (unpaired) electrons. The van der Waals surface area contributed by atoms with Crippen molar-refractivity contribution < 1.29 is 4.79 Å². The maximum atomic E-state index is 12.8. The summed E-state index contributed by atoms with van der Waals surface area (Å²) in [5.74, 6) is 0. The molecule has 1 heterocycles. The van der Waals surface area contributed by atoms with Gasteiger partial charge in [0.2, 0.25) is 0 Å². The summed E-state index contributed by atoms with van der Waals surface area (Å²) in [7, 11) is 1.73. The molecule has 4 rings (SSSR count). The van der Waals surface area contributed by atoms with Crippen LogP contribution in [0, 0.1) is 5.41 Å². The summed E-state index contributed by atoms with van der Waals surface area (Å²) < 4.78 is 2.58. The summed E-state index contributed by atoms with van der Waals surface area (Å²) in [4.78, 5) is 24.7. The number of pyridine rings is 1. The molecule has 0 saturated carbocycles. The lowest BCUT2D eigenvalue weighted by molar-refractivity contribution is 0.229. The Bertz CT molecular complexity index is 1150. The van der Waals surface area contributed by atoms with Crippen molar-refractivity contribution in [3.63, 3.8) is 0 Å². The Hall–Kier alpha value is -2.60. The molecule has 3 aromatic rings. The Morgan fingerprint density at radius 3 is 2.75 bits per heavy atom. The summed E-state index contributed by atoms with van der Waals surface area (Å²) in [6, 6.07) is 14.7. The van der Waals surface area contributed by atoms with Crippen LogP contribution in [0.1, 0.15) is 31.0 Å². The molecular formula is C22H22BrN3O2. The molecule has 6 heteroatoms. The van der Waals surface area contributed by atoms with Crippen LogP contribution in [0.2, 0.25) is 0 Å². The van der Waals surface area contributed by atoms with Crippen molar-refractivity contribution in [3.8, 4) is 0 Å². The van der Waals surface area contributed by atoms with Gasteiger partial charge in [-0.1, -0.05) is 41.9 Å². The van der Waals surface area contributed by atoms with Gasteiger partial charge in [-0.15, -0.1) is 0 Å². The zero-order valence-electron chi connectivity index (χ0n) is 16.0. The summed E-state index contributed by atoms with van der Waals surface area (Å²) in [6.45, 7) is 4.33. The number of carbonyl (C=O) groups is 1. The van der Waals surface area contributed by atoms with E-state index >= 15 is 0 Å².